The third-order valence-corrected chi connectivity index (χ3v) is 5.05. The van der Waals surface area contributed by atoms with Gasteiger partial charge in [0, 0.05) is 11.1 Å². The maximum atomic E-state index is 12.3. The number of hydrogen-bond acceptors (Lipinski definition) is 3. The first-order chi connectivity index (χ1) is 11.3. The van der Waals surface area contributed by atoms with E-state index in [0.29, 0.717) is 11.1 Å². The molecular weight excluding hydrogens is 322 g/mol. The van der Waals surface area contributed by atoms with Crippen molar-refractivity contribution in [3.05, 3.63) is 64.7 Å². The molecule has 124 valence electrons. The molecule has 0 atom stereocenters. The zero-order valence-corrected chi connectivity index (χ0v) is 14.7. The smallest absolute Gasteiger partial charge is 0.241 e. The van der Waals surface area contributed by atoms with E-state index < -0.39 is 10.0 Å². The highest BCUT2D eigenvalue weighted by Gasteiger charge is 2.15. The lowest BCUT2D eigenvalue weighted by Crippen LogP contribution is -2.24. The Hall–Kier alpha value is -2.42. The van der Waals surface area contributed by atoms with Crippen molar-refractivity contribution in [1.29, 1.82) is 0 Å². The number of sulfonamides is 1. The van der Waals surface area contributed by atoms with Crippen molar-refractivity contribution in [1.82, 2.24) is 4.72 Å². The molecule has 0 aliphatic carbocycles. The van der Waals surface area contributed by atoms with E-state index in [4.69, 9.17) is 0 Å². The standard InChI is InChI=1S/C19H19NO3S/c1-14-6-7-15(2)19(13-14)24(22,23)20-12-4-5-17-8-10-18(11-9-17)16(3)21/h6-11,13,20H,12H2,1-3H3. The fourth-order valence-electron chi connectivity index (χ4n) is 2.14. The molecule has 0 saturated heterocycles. The summed E-state index contributed by atoms with van der Waals surface area (Å²) < 4.78 is 27.1. The maximum absolute atomic E-state index is 12.3. The normalized spacial score (nSPS) is 10.8. The Kier molecular flexibility index (Phi) is 5.55. The molecule has 0 saturated carbocycles. The van der Waals surface area contributed by atoms with Gasteiger partial charge in [0.1, 0.15) is 0 Å². The Morgan fingerprint density at radius 2 is 1.75 bits per heavy atom. The van der Waals surface area contributed by atoms with Crippen LogP contribution in [-0.4, -0.2) is 20.7 Å². The largest absolute Gasteiger partial charge is 0.295 e. The summed E-state index contributed by atoms with van der Waals surface area (Å²) >= 11 is 0. The molecule has 1 N–H and O–H groups in total. The van der Waals surface area contributed by atoms with Gasteiger partial charge in [-0.25, -0.2) is 8.42 Å². The Morgan fingerprint density at radius 1 is 1.08 bits per heavy atom. The van der Waals surface area contributed by atoms with E-state index in [1.807, 2.05) is 13.0 Å². The second-order valence-corrected chi connectivity index (χ2v) is 7.26. The highest BCUT2D eigenvalue weighted by Crippen LogP contribution is 2.16. The van der Waals surface area contributed by atoms with Crippen molar-refractivity contribution >= 4 is 15.8 Å². The van der Waals surface area contributed by atoms with Crippen molar-refractivity contribution in [2.24, 2.45) is 0 Å². The number of carbonyl (C=O) groups is 1. The molecule has 4 nitrogen and oxygen atoms in total. The van der Waals surface area contributed by atoms with Crippen LogP contribution in [0.3, 0.4) is 0 Å². The molecule has 5 heteroatoms. The lowest BCUT2D eigenvalue weighted by molar-refractivity contribution is 0.101. The molecule has 0 aliphatic heterocycles. The lowest BCUT2D eigenvalue weighted by atomic mass is 10.1. The summed E-state index contributed by atoms with van der Waals surface area (Å²) in [5.41, 5.74) is 2.93. The SMILES string of the molecule is CC(=O)c1ccc(C#CCNS(=O)(=O)c2cc(C)ccc2C)cc1. The minimum Gasteiger partial charge on any atom is -0.295 e. The monoisotopic (exact) mass is 341 g/mol. The van der Waals surface area contributed by atoms with Crippen LogP contribution in [0, 0.1) is 25.7 Å². The summed E-state index contributed by atoms with van der Waals surface area (Å²) in [6.45, 7) is 5.13. The topological polar surface area (TPSA) is 63.2 Å². The summed E-state index contributed by atoms with van der Waals surface area (Å²) in [7, 11) is -3.58. The van der Waals surface area contributed by atoms with Crippen LogP contribution in [0.15, 0.2) is 47.4 Å². The molecule has 0 fully saturated rings. The van der Waals surface area contributed by atoms with Gasteiger partial charge in [-0.3, -0.25) is 4.79 Å². The molecule has 0 aromatic heterocycles. The number of rotatable bonds is 4. The number of ketones is 1. The number of benzene rings is 2. The maximum Gasteiger partial charge on any atom is 0.241 e. The summed E-state index contributed by atoms with van der Waals surface area (Å²) in [4.78, 5) is 11.5. The van der Waals surface area contributed by atoms with Gasteiger partial charge >= 0.3 is 0 Å². The van der Waals surface area contributed by atoms with Gasteiger partial charge in [0.15, 0.2) is 5.78 Å². The summed E-state index contributed by atoms with van der Waals surface area (Å²) in [6, 6.07) is 12.2. The number of nitrogens with one attached hydrogen (secondary N) is 1. The van der Waals surface area contributed by atoms with Crippen molar-refractivity contribution < 1.29 is 13.2 Å². The van der Waals surface area contributed by atoms with E-state index in [1.54, 1.807) is 43.3 Å². The third kappa shape index (κ3) is 4.54. The first kappa shape index (κ1) is 17.9. The van der Waals surface area contributed by atoms with Crippen LogP contribution < -0.4 is 4.72 Å². The molecule has 0 heterocycles. The molecular formula is C19H19NO3S. The summed E-state index contributed by atoms with van der Waals surface area (Å²) in [6.07, 6.45) is 0. The number of hydrogen-bond donors (Lipinski definition) is 1. The van der Waals surface area contributed by atoms with Crippen molar-refractivity contribution in [3.8, 4) is 11.8 Å². The molecule has 24 heavy (non-hydrogen) atoms. The predicted octanol–water partition coefficient (Wildman–Crippen LogP) is 2.84. The van der Waals surface area contributed by atoms with Crippen LogP contribution in [0.2, 0.25) is 0 Å². The van der Waals surface area contributed by atoms with Gasteiger partial charge in [-0.2, -0.15) is 4.72 Å². The Morgan fingerprint density at radius 3 is 2.38 bits per heavy atom. The lowest BCUT2D eigenvalue weighted by Gasteiger charge is -2.08. The number of aryl methyl sites for hydroxylation is 2. The Labute approximate surface area is 143 Å². The number of carbonyl (C=O) groups excluding carboxylic acids is 1. The van der Waals surface area contributed by atoms with Gasteiger partial charge in [0.05, 0.1) is 11.4 Å². The van der Waals surface area contributed by atoms with E-state index >= 15 is 0 Å². The first-order valence-corrected chi connectivity index (χ1v) is 8.95. The molecule has 0 radical (unpaired) electrons. The summed E-state index contributed by atoms with van der Waals surface area (Å²) in [5.74, 6) is 5.65. The molecule has 2 rings (SSSR count). The van der Waals surface area contributed by atoms with Gasteiger partial charge in [0.2, 0.25) is 10.0 Å². The first-order valence-electron chi connectivity index (χ1n) is 7.46. The molecule has 0 amide bonds. The highest BCUT2D eigenvalue weighted by molar-refractivity contribution is 7.89. The van der Waals surface area contributed by atoms with Crippen molar-refractivity contribution in [3.63, 3.8) is 0 Å². The van der Waals surface area contributed by atoms with E-state index in [0.717, 1.165) is 11.1 Å². The molecule has 0 unspecified atom stereocenters. The minimum absolute atomic E-state index is 0.00389. The second kappa shape index (κ2) is 7.43. The van der Waals surface area contributed by atoms with Crippen LogP contribution in [0.4, 0.5) is 0 Å². The molecule has 0 aliphatic rings. The van der Waals surface area contributed by atoms with Gasteiger partial charge < -0.3 is 0 Å². The van der Waals surface area contributed by atoms with Crippen LogP contribution >= 0.6 is 0 Å². The van der Waals surface area contributed by atoms with Crippen molar-refractivity contribution in [2.75, 3.05) is 6.54 Å². The average molecular weight is 341 g/mol. The van der Waals surface area contributed by atoms with E-state index in [9.17, 15) is 13.2 Å². The van der Waals surface area contributed by atoms with Crippen LogP contribution in [-0.2, 0) is 10.0 Å². The predicted molar refractivity (Wildman–Crippen MR) is 94.4 cm³/mol. The van der Waals surface area contributed by atoms with E-state index in [1.165, 1.54) is 6.92 Å². The van der Waals surface area contributed by atoms with Crippen LogP contribution in [0.25, 0.3) is 0 Å². The highest BCUT2D eigenvalue weighted by atomic mass is 32.2. The summed E-state index contributed by atoms with van der Waals surface area (Å²) in [5, 5.41) is 0. The molecule has 0 spiro atoms. The van der Waals surface area contributed by atoms with Crippen LogP contribution in [0.1, 0.15) is 34.0 Å². The zero-order chi connectivity index (χ0) is 17.7. The van der Waals surface area contributed by atoms with Gasteiger partial charge in [-0.1, -0.05) is 36.1 Å². The molecule has 0 bridgehead atoms. The quantitative estimate of drug-likeness (QED) is 0.687. The van der Waals surface area contributed by atoms with E-state index in [2.05, 4.69) is 16.6 Å². The molecule has 2 aromatic carbocycles. The van der Waals surface area contributed by atoms with Gasteiger partial charge in [-0.15, -0.1) is 0 Å². The Bertz CT molecular complexity index is 917. The van der Waals surface area contributed by atoms with Crippen LogP contribution in [0.5, 0.6) is 0 Å². The molecule has 2 aromatic rings. The van der Waals surface area contributed by atoms with Crippen molar-refractivity contribution in [2.45, 2.75) is 25.7 Å². The second-order valence-electron chi connectivity index (χ2n) is 5.53. The third-order valence-electron chi connectivity index (χ3n) is 3.51. The fourth-order valence-corrected chi connectivity index (χ4v) is 3.39. The fraction of sp³-hybridized carbons (Fsp3) is 0.211. The number of Topliss-reactive ketones (excluding diaryl/α,β-unsaturated/α-hetero) is 1. The zero-order valence-electron chi connectivity index (χ0n) is 13.9. The Balaban J connectivity index is 2.06. The van der Waals surface area contributed by atoms with Gasteiger partial charge in [-0.05, 0) is 50.1 Å². The average Bonchev–Trinajstić information content (AvgIpc) is 2.54. The minimum atomic E-state index is -3.58. The van der Waals surface area contributed by atoms with Gasteiger partial charge in [0.25, 0.3) is 0 Å². The van der Waals surface area contributed by atoms with E-state index in [-0.39, 0.29) is 17.2 Å².